The van der Waals surface area contributed by atoms with Gasteiger partial charge in [-0.1, -0.05) is 17.7 Å². The number of halogens is 1. The molecule has 0 unspecified atom stereocenters. The summed E-state index contributed by atoms with van der Waals surface area (Å²) < 4.78 is 0. The highest BCUT2D eigenvalue weighted by atomic mass is 35.5. The molecule has 136 valence electrons. The number of urea groups is 1. The highest BCUT2D eigenvalue weighted by Crippen LogP contribution is 2.15. The van der Waals surface area contributed by atoms with Gasteiger partial charge in [0.05, 0.1) is 0 Å². The zero-order chi connectivity index (χ0) is 18.9. The number of benzene rings is 2. The predicted octanol–water partition coefficient (Wildman–Crippen LogP) is 2.85. The van der Waals surface area contributed by atoms with E-state index in [2.05, 4.69) is 21.3 Å². The summed E-state index contributed by atoms with van der Waals surface area (Å²) >= 11 is 5.87. The van der Waals surface area contributed by atoms with Gasteiger partial charge in [-0.2, -0.15) is 0 Å². The van der Waals surface area contributed by atoms with E-state index in [-0.39, 0.29) is 11.8 Å². The van der Waals surface area contributed by atoms with Crippen molar-refractivity contribution in [1.29, 1.82) is 0 Å². The molecule has 0 aliphatic carbocycles. The van der Waals surface area contributed by atoms with Gasteiger partial charge in [0.15, 0.2) is 0 Å². The van der Waals surface area contributed by atoms with Crippen molar-refractivity contribution in [2.24, 2.45) is 0 Å². The highest BCUT2D eigenvalue weighted by molar-refractivity contribution is 6.30. The standard InChI is InChI=1S/C18H19ClN4O3/c1-12(24)20-9-10-21-17(25)13-5-7-15(8-6-13)22-18(26)23-16-4-2-3-14(19)11-16/h2-8,11H,9-10H2,1H3,(H,20,24)(H,21,25)(H2,22,23,26). The molecule has 0 bridgehead atoms. The monoisotopic (exact) mass is 374 g/mol. The maximum atomic E-state index is 12.0. The lowest BCUT2D eigenvalue weighted by Gasteiger charge is -2.09. The molecule has 0 atom stereocenters. The molecule has 7 nitrogen and oxygen atoms in total. The molecule has 0 fully saturated rings. The molecule has 0 radical (unpaired) electrons. The molecule has 0 heterocycles. The average Bonchev–Trinajstić information content (AvgIpc) is 2.59. The van der Waals surface area contributed by atoms with Crippen molar-refractivity contribution in [3.05, 3.63) is 59.1 Å². The van der Waals surface area contributed by atoms with Crippen LogP contribution in [0.1, 0.15) is 17.3 Å². The smallest absolute Gasteiger partial charge is 0.323 e. The number of hydrogen-bond donors (Lipinski definition) is 4. The zero-order valence-electron chi connectivity index (χ0n) is 14.1. The Morgan fingerprint density at radius 3 is 2.19 bits per heavy atom. The summed E-state index contributed by atoms with van der Waals surface area (Å²) in [5.41, 5.74) is 1.57. The van der Waals surface area contributed by atoms with E-state index in [4.69, 9.17) is 11.6 Å². The first-order valence-electron chi connectivity index (χ1n) is 7.90. The Morgan fingerprint density at radius 2 is 1.54 bits per heavy atom. The van der Waals surface area contributed by atoms with Gasteiger partial charge in [0.2, 0.25) is 5.91 Å². The molecule has 0 aliphatic heterocycles. The van der Waals surface area contributed by atoms with E-state index < -0.39 is 6.03 Å². The molecule has 0 aromatic heterocycles. The molecule has 4 amide bonds. The first-order chi connectivity index (χ1) is 12.4. The quantitative estimate of drug-likeness (QED) is 0.585. The molecule has 26 heavy (non-hydrogen) atoms. The minimum absolute atomic E-state index is 0.147. The summed E-state index contributed by atoms with van der Waals surface area (Å²) in [6.07, 6.45) is 0. The Morgan fingerprint density at radius 1 is 0.885 bits per heavy atom. The number of nitrogens with one attached hydrogen (secondary N) is 4. The summed E-state index contributed by atoms with van der Waals surface area (Å²) in [5.74, 6) is -0.406. The second-order valence-electron chi connectivity index (χ2n) is 5.41. The minimum atomic E-state index is -0.417. The van der Waals surface area contributed by atoms with E-state index in [9.17, 15) is 14.4 Å². The van der Waals surface area contributed by atoms with Gasteiger partial charge in [-0.3, -0.25) is 9.59 Å². The first kappa shape index (κ1) is 19.3. The van der Waals surface area contributed by atoms with Gasteiger partial charge in [-0.25, -0.2) is 4.79 Å². The molecular formula is C18H19ClN4O3. The Hall–Kier alpha value is -3.06. The Labute approximate surface area is 156 Å². The van der Waals surface area contributed by atoms with Crippen LogP contribution >= 0.6 is 11.6 Å². The third-order valence-electron chi connectivity index (χ3n) is 3.27. The van der Waals surface area contributed by atoms with Crippen molar-refractivity contribution in [1.82, 2.24) is 10.6 Å². The van der Waals surface area contributed by atoms with Crippen LogP contribution in [-0.2, 0) is 4.79 Å². The SMILES string of the molecule is CC(=O)NCCNC(=O)c1ccc(NC(=O)Nc2cccc(Cl)c2)cc1. The van der Waals surface area contributed by atoms with E-state index in [1.165, 1.54) is 6.92 Å². The molecule has 0 aliphatic rings. The Balaban J connectivity index is 1.83. The van der Waals surface area contributed by atoms with Gasteiger partial charge in [0.1, 0.15) is 0 Å². The molecule has 2 aromatic rings. The molecule has 0 saturated heterocycles. The second-order valence-corrected chi connectivity index (χ2v) is 5.84. The fourth-order valence-corrected chi connectivity index (χ4v) is 2.27. The largest absolute Gasteiger partial charge is 0.355 e. The predicted molar refractivity (Wildman–Crippen MR) is 102 cm³/mol. The fourth-order valence-electron chi connectivity index (χ4n) is 2.08. The van der Waals surface area contributed by atoms with Gasteiger partial charge >= 0.3 is 6.03 Å². The lowest BCUT2D eigenvalue weighted by molar-refractivity contribution is -0.118. The van der Waals surface area contributed by atoms with Gasteiger partial charge in [0, 0.05) is 42.0 Å². The third kappa shape index (κ3) is 6.45. The van der Waals surface area contributed by atoms with E-state index in [0.29, 0.717) is 35.1 Å². The fraction of sp³-hybridized carbons (Fsp3) is 0.167. The lowest BCUT2D eigenvalue weighted by Crippen LogP contribution is -2.33. The van der Waals surface area contributed by atoms with E-state index in [1.807, 2.05) is 0 Å². The number of carbonyl (C=O) groups excluding carboxylic acids is 3. The van der Waals surface area contributed by atoms with Crippen molar-refractivity contribution < 1.29 is 14.4 Å². The summed E-state index contributed by atoms with van der Waals surface area (Å²) in [5, 5.41) is 11.1. The normalized spacial score (nSPS) is 9.92. The molecule has 2 aromatic carbocycles. The van der Waals surface area contributed by atoms with E-state index in [0.717, 1.165) is 0 Å². The minimum Gasteiger partial charge on any atom is -0.355 e. The van der Waals surface area contributed by atoms with Gasteiger partial charge in [-0.05, 0) is 42.5 Å². The molecule has 2 rings (SSSR count). The maximum absolute atomic E-state index is 12.0. The summed E-state index contributed by atoms with van der Waals surface area (Å²) in [4.78, 5) is 34.7. The number of rotatable bonds is 6. The second kappa shape index (κ2) is 9.43. The van der Waals surface area contributed by atoms with Crippen LogP contribution in [0.25, 0.3) is 0 Å². The van der Waals surface area contributed by atoms with Crippen LogP contribution in [0.3, 0.4) is 0 Å². The van der Waals surface area contributed by atoms with Crippen LogP contribution in [-0.4, -0.2) is 30.9 Å². The number of carbonyl (C=O) groups is 3. The van der Waals surface area contributed by atoms with E-state index >= 15 is 0 Å². The van der Waals surface area contributed by atoms with Crippen LogP contribution in [0.5, 0.6) is 0 Å². The van der Waals surface area contributed by atoms with Gasteiger partial charge < -0.3 is 21.3 Å². The molecule has 0 saturated carbocycles. The summed E-state index contributed by atoms with van der Waals surface area (Å²) in [6, 6.07) is 12.8. The maximum Gasteiger partial charge on any atom is 0.323 e. The summed E-state index contributed by atoms with van der Waals surface area (Å²) in [6.45, 7) is 2.11. The summed E-state index contributed by atoms with van der Waals surface area (Å²) in [7, 11) is 0. The topological polar surface area (TPSA) is 99.3 Å². The van der Waals surface area contributed by atoms with Crippen molar-refractivity contribution in [2.75, 3.05) is 23.7 Å². The number of anilines is 2. The highest BCUT2D eigenvalue weighted by Gasteiger charge is 2.07. The lowest BCUT2D eigenvalue weighted by atomic mass is 10.2. The average molecular weight is 375 g/mol. The zero-order valence-corrected chi connectivity index (χ0v) is 14.9. The van der Waals surface area contributed by atoms with Crippen LogP contribution < -0.4 is 21.3 Å². The Bertz CT molecular complexity index is 793. The first-order valence-corrected chi connectivity index (χ1v) is 8.28. The van der Waals surface area contributed by atoms with Crippen LogP contribution in [0.2, 0.25) is 5.02 Å². The van der Waals surface area contributed by atoms with Crippen molar-refractivity contribution in [3.8, 4) is 0 Å². The van der Waals surface area contributed by atoms with Crippen molar-refractivity contribution >= 4 is 40.8 Å². The number of hydrogen-bond acceptors (Lipinski definition) is 3. The van der Waals surface area contributed by atoms with Gasteiger partial charge in [0.25, 0.3) is 5.91 Å². The van der Waals surface area contributed by atoms with Crippen LogP contribution in [0.15, 0.2) is 48.5 Å². The molecule has 0 spiro atoms. The van der Waals surface area contributed by atoms with E-state index in [1.54, 1.807) is 48.5 Å². The Kier molecular flexibility index (Phi) is 6.99. The molecule has 4 N–H and O–H groups in total. The molecular weight excluding hydrogens is 356 g/mol. The van der Waals surface area contributed by atoms with Crippen LogP contribution in [0.4, 0.5) is 16.2 Å². The van der Waals surface area contributed by atoms with Crippen LogP contribution in [0, 0.1) is 0 Å². The van der Waals surface area contributed by atoms with Crippen molar-refractivity contribution in [3.63, 3.8) is 0 Å². The third-order valence-corrected chi connectivity index (χ3v) is 3.51. The number of amides is 4. The van der Waals surface area contributed by atoms with Crippen molar-refractivity contribution in [2.45, 2.75) is 6.92 Å². The van der Waals surface area contributed by atoms with Gasteiger partial charge in [-0.15, -0.1) is 0 Å². The molecule has 8 heteroatoms.